The zero-order chi connectivity index (χ0) is 22.0. The maximum atomic E-state index is 14.8. The van der Waals surface area contributed by atoms with Crippen molar-refractivity contribution in [2.24, 2.45) is 0 Å². The number of anilines is 1. The van der Waals surface area contributed by atoms with E-state index in [1.54, 1.807) is 31.2 Å². The van der Waals surface area contributed by atoms with E-state index in [0.717, 1.165) is 0 Å². The minimum atomic E-state index is -0.635. The van der Waals surface area contributed by atoms with E-state index in [4.69, 9.17) is 13.9 Å². The second-order valence-electron chi connectivity index (χ2n) is 6.77. The second kappa shape index (κ2) is 8.48. The summed E-state index contributed by atoms with van der Waals surface area (Å²) in [5.41, 5.74) is 5.10. The van der Waals surface area contributed by atoms with Gasteiger partial charge in [-0.15, -0.1) is 10.2 Å². The molecule has 0 unspecified atom stereocenters. The molecule has 10 nitrogen and oxygen atoms in total. The van der Waals surface area contributed by atoms with Gasteiger partial charge in [-0.2, -0.15) is 0 Å². The topological polar surface area (TPSA) is 135 Å². The maximum absolute atomic E-state index is 14.8. The number of aromatic nitrogens is 3. The van der Waals surface area contributed by atoms with Crippen LogP contribution in [0, 0.1) is 12.7 Å². The molecule has 3 aromatic rings. The number of carbonyl (C=O) groups is 2. The average Bonchev–Trinajstić information content (AvgIpc) is 3.37. The molecule has 1 aromatic carbocycles. The van der Waals surface area contributed by atoms with E-state index >= 15 is 0 Å². The van der Waals surface area contributed by atoms with Gasteiger partial charge in [-0.05, 0) is 24.3 Å². The molecule has 160 valence electrons. The summed E-state index contributed by atoms with van der Waals surface area (Å²) in [4.78, 5) is 28.9. The molecular weight excluding hydrogens is 409 g/mol. The molecule has 0 spiro atoms. The highest BCUT2D eigenvalue weighted by Crippen LogP contribution is 2.29. The molecule has 1 atom stereocenters. The quantitative estimate of drug-likeness (QED) is 0.582. The molecule has 0 radical (unpaired) electrons. The number of halogens is 1. The summed E-state index contributed by atoms with van der Waals surface area (Å²) in [6, 6.07) is 7.76. The Labute approximate surface area is 175 Å². The second-order valence-corrected chi connectivity index (χ2v) is 6.77. The van der Waals surface area contributed by atoms with Gasteiger partial charge in [0.1, 0.15) is 18.1 Å². The van der Waals surface area contributed by atoms with Gasteiger partial charge in [0.15, 0.2) is 12.6 Å². The Morgan fingerprint density at radius 3 is 2.81 bits per heavy atom. The molecule has 11 heteroatoms. The van der Waals surface area contributed by atoms with Gasteiger partial charge in [0, 0.05) is 24.2 Å². The van der Waals surface area contributed by atoms with Crippen molar-refractivity contribution >= 4 is 17.7 Å². The highest BCUT2D eigenvalue weighted by atomic mass is 19.1. The van der Waals surface area contributed by atoms with Crippen molar-refractivity contribution in [1.29, 1.82) is 0 Å². The number of benzene rings is 1. The van der Waals surface area contributed by atoms with Gasteiger partial charge in [-0.3, -0.25) is 9.88 Å². The summed E-state index contributed by atoms with van der Waals surface area (Å²) in [7, 11) is 0. The summed E-state index contributed by atoms with van der Waals surface area (Å²) >= 11 is 0. The molecular formula is C20H19FN5O5+. The van der Waals surface area contributed by atoms with Gasteiger partial charge in [0.05, 0.1) is 12.2 Å². The Morgan fingerprint density at radius 1 is 1.32 bits per heavy atom. The smallest absolute Gasteiger partial charge is 0.414 e. The number of ether oxygens (including phenoxy) is 2. The van der Waals surface area contributed by atoms with Crippen LogP contribution >= 0.6 is 0 Å². The highest BCUT2D eigenvalue weighted by molar-refractivity contribution is 5.90. The van der Waals surface area contributed by atoms with E-state index in [9.17, 15) is 14.0 Å². The van der Waals surface area contributed by atoms with E-state index in [1.165, 1.54) is 17.2 Å². The molecule has 1 saturated heterocycles. The fourth-order valence-electron chi connectivity index (χ4n) is 3.06. The Kier molecular flexibility index (Phi) is 5.58. The minimum absolute atomic E-state index is 0.0125. The standard InChI is InChI=1S/C20H18FN5O5/c1-11-24-25-19(30-11)17-5-2-12(8-23-17)15-4-3-13(6-16(15)21)26-9-14(31-20(26)28)10-29-18(27)7-22/h2-6,8,14H,7,9-10,22H2,1H3/p+1/t14-/m1/s1. The first-order valence-electron chi connectivity index (χ1n) is 9.44. The third-order valence-corrected chi connectivity index (χ3v) is 4.59. The van der Waals surface area contributed by atoms with Crippen molar-refractivity contribution in [3.05, 3.63) is 48.2 Å². The van der Waals surface area contributed by atoms with Gasteiger partial charge in [0.25, 0.3) is 5.89 Å². The maximum Gasteiger partial charge on any atom is 0.414 e. The predicted octanol–water partition coefficient (Wildman–Crippen LogP) is 1.36. The SMILES string of the molecule is Cc1nnc(-c2ccc(-c3ccc(N4C[C@H](COC(=O)C[NH3+])OC4=O)cc3F)cn2)o1. The largest absolute Gasteiger partial charge is 0.458 e. The first kappa shape index (κ1) is 20.4. The van der Waals surface area contributed by atoms with Crippen LogP contribution in [-0.4, -0.2) is 53.0 Å². The summed E-state index contributed by atoms with van der Waals surface area (Å²) in [5.74, 6) is -0.312. The van der Waals surface area contributed by atoms with Crippen LogP contribution in [0.25, 0.3) is 22.7 Å². The van der Waals surface area contributed by atoms with Crippen LogP contribution < -0.4 is 10.6 Å². The summed E-state index contributed by atoms with van der Waals surface area (Å²) < 4.78 is 30.3. The minimum Gasteiger partial charge on any atom is -0.458 e. The van der Waals surface area contributed by atoms with Crippen LogP contribution in [0.5, 0.6) is 0 Å². The molecule has 0 saturated carbocycles. The van der Waals surface area contributed by atoms with Crippen LogP contribution in [0.4, 0.5) is 14.9 Å². The third-order valence-electron chi connectivity index (χ3n) is 4.59. The summed E-state index contributed by atoms with van der Waals surface area (Å²) in [5, 5.41) is 7.65. The lowest BCUT2D eigenvalue weighted by atomic mass is 10.1. The van der Waals surface area contributed by atoms with Crippen molar-refractivity contribution in [3.63, 3.8) is 0 Å². The van der Waals surface area contributed by atoms with E-state index < -0.39 is 24.0 Å². The first-order chi connectivity index (χ1) is 14.9. The molecule has 2 aromatic heterocycles. The summed E-state index contributed by atoms with van der Waals surface area (Å²) in [6.07, 6.45) is 0.240. The predicted molar refractivity (Wildman–Crippen MR) is 104 cm³/mol. The lowest BCUT2D eigenvalue weighted by Gasteiger charge is -2.14. The molecule has 1 fully saturated rings. The van der Waals surface area contributed by atoms with E-state index in [2.05, 4.69) is 20.9 Å². The molecule has 3 heterocycles. The number of rotatable bonds is 6. The first-order valence-corrected chi connectivity index (χ1v) is 9.44. The molecule has 1 aliphatic heterocycles. The fraction of sp³-hybridized carbons (Fsp3) is 0.250. The van der Waals surface area contributed by atoms with Crippen molar-refractivity contribution < 1.29 is 33.6 Å². The normalized spacial score (nSPS) is 15.8. The monoisotopic (exact) mass is 428 g/mol. The molecule has 1 aliphatic rings. The molecule has 0 aliphatic carbocycles. The molecule has 1 amide bonds. The van der Waals surface area contributed by atoms with Gasteiger partial charge < -0.3 is 19.6 Å². The number of hydrogen-bond donors (Lipinski definition) is 1. The Balaban J connectivity index is 1.48. The molecule has 3 N–H and O–H groups in total. The summed E-state index contributed by atoms with van der Waals surface area (Å²) in [6.45, 7) is 1.73. The highest BCUT2D eigenvalue weighted by Gasteiger charge is 2.33. The average molecular weight is 428 g/mol. The number of pyridine rings is 1. The zero-order valence-electron chi connectivity index (χ0n) is 16.6. The number of cyclic esters (lactones) is 1. The number of esters is 1. The lowest BCUT2D eigenvalue weighted by molar-refractivity contribution is -0.359. The van der Waals surface area contributed by atoms with Crippen LogP contribution in [-0.2, 0) is 14.3 Å². The van der Waals surface area contributed by atoms with Crippen molar-refractivity contribution in [3.8, 4) is 22.7 Å². The van der Waals surface area contributed by atoms with E-state index in [-0.39, 0.29) is 25.6 Å². The Hall–Kier alpha value is -3.86. The number of carbonyl (C=O) groups excluding carboxylic acids is 2. The number of aryl methyl sites for hydroxylation is 1. The number of hydrogen-bond acceptors (Lipinski definition) is 8. The van der Waals surface area contributed by atoms with E-state index in [0.29, 0.717) is 28.4 Å². The zero-order valence-corrected chi connectivity index (χ0v) is 16.6. The van der Waals surface area contributed by atoms with Crippen LogP contribution in [0.3, 0.4) is 0 Å². The van der Waals surface area contributed by atoms with Crippen molar-refractivity contribution in [1.82, 2.24) is 15.2 Å². The Morgan fingerprint density at radius 2 is 2.16 bits per heavy atom. The third kappa shape index (κ3) is 4.36. The van der Waals surface area contributed by atoms with Gasteiger partial charge in [0.2, 0.25) is 5.89 Å². The number of quaternary nitrogens is 1. The van der Waals surface area contributed by atoms with Gasteiger partial charge >= 0.3 is 12.1 Å². The van der Waals surface area contributed by atoms with Crippen LogP contribution in [0.1, 0.15) is 5.89 Å². The molecule has 31 heavy (non-hydrogen) atoms. The van der Waals surface area contributed by atoms with Crippen LogP contribution in [0.15, 0.2) is 40.9 Å². The van der Waals surface area contributed by atoms with Crippen LogP contribution in [0.2, 0.25) is 0 Å². The van der Waals surface area contributed by atoms with Gasteiger partial charge in [-0.1, -0.05) is 6.07 Å². The van der Waals surface area contributed by atoms with Crippen molar-refractivity contribution in [2.75, 3.05) is 24.6 Å². The van der Waals surface area contributed by atoms with E-state index in [1.807, 2.05) is 0 Å². The fourth-order valence-corrected chi connectivity index (χ4v) is 3.06. The number of amides is 1. The molecule has 0 bridgehead atoms. The lowest BCUT2D eigenvalue weighted by Crippen LogP contribution is -2.54. The number of nitrogens with zero attached hydrogens (tertiary/aromatic N) is 4. The van der Waals surface area contributed by atoms with Crippen molar-refractivity contribution in [2.45, 2.75) is 13.0 Å². The molecule has 4 rings (SSSR count). The Bertz CT molecular complexity index is 1120. The van der Waals surface area contributed by atoms with Gasteiger partial charge in [-0.25, -0.2) is 14.0 Å².